The zero-order chi connectivity index (χ0) is 19.7. The van der Waals surface area contributed by atoms with Crippen LogP contribution in [0.25, 0.3) is 0 Å². The fourth-order valence-corrected chi connectivity index (χ4v) is 4.69. The Morgan fingerprint density at radius 3 is 2.68 bits per heavy atom. The number of rotatable bonds is 5. The number of carbonyl (C=O) groups excluding carboxylic acids is 2. The molecule has 4 aliphatic rings. The summed E-state index contributed by atoms with van der Waals surface area (Å²) in [6, 6.07) is 3.94. The first-order chi connectivity index (χ1) is 13.5. The van der Waals surface area contributed by atoms with Gasteiger partial charge in [0, 0.05) is 37.3 Å². The maximum absolute atomic E-state index is 12.9. The van der Waals surface area contributed by atoms with Crippen LogP contribution in [0.1, 0.15) is 50.4 Å². The predicted octanol–water partition coefficient (Wildman–Crippen LogP) is 2.58. The molecule has 2 atom stereocenters. The molecule has 4 fully saturated rings. The summed E-state index contributed by atoms with van der Waals surface area (Å²) in [4.78, 5) is 34.2. The summed E-state index contributed by atoms with van der Waals surface area (Å²) >= 11 is 0. The van der Waals surface area contributed by atoms with Gasteiger partial charge in [-0.2, -0.15) is 0 Å². The second-order valence-electron chi connectivity index (χ2n) is 8.55. The number of ether oxygens (including phenoxy) is 1. The van der Waals surface area contributed by atoms with Gasteiger partial charge in [-0.05, 0) is 57.1 Å². The lowest BCUT2D eigenvalue weighted by Gasteiger charge is -2.36. The van der Waals surface area contributed by atoms with Crippen LogP contribution in [-0.4, -0.2) is 58.9 Å². The van der Waals surface area contributed by atoms with E-state index in [0.29, 0.717) is 24.1 Å². The van der Waals surface area contributed by atoms with Crippen LogP contribution in [0.5, 0.6) is 5.75 Å². The van der Waals surface area contributed by atoms with Gasteiger partial charge in [0.15, 0.2) is 6.61 Å². The summed E-state index contributed by atoms with van der Waals surface area (Å²) in [5, 5.41) is 0. The third-order valence-electron chi connectivity index (χ3n) is 6.56. The average Bonchev–Trinajstić information content (AvgIpc) is 2.97. The second-order valence-corrected chi connectivity index (χ2v) is 8.55. The van der Waals surface area contributed by atoms with E-state index in [-0.39, 0.29) is 24.5 Å². The first-order valence-corrected chi connectivity index (χ1v) is 10.7. The zero-order valence-electron chi connectivity index (χ0n) is 17.0. The quantitative estimate of drug-likeness (QED) is 0.782. The summed E-state index contributed by atoms with van der Waals surface area (Å²) in [5.74, 6) is 1.65. The average molecular weight is 386 g/mol. The van der Waals surface area contributed by atoms with Gasteiger partial charge in [-0.15, -0.1) is 0 Å². The highest BCUT2D eigenvalue weighted by Crippen LogP contribution is 2.33. The summed E-state index contributed by atoms with van der Waals surface area (Å²) in [5.41, 5.74) is 1.85. The Morgan fingerprint density at radius 2 is 1.96 bits per heavy atom. The van der Waals surface area contributed by atoms with E-state index in [2.05, 4.69) is 4.98 Å². The monoisotopic (exact) mass is 385 g/mol. The van der Waals surface area contributed by atoms with Crippen molar-refractivity contribution in [2.45, 2.75) is 58.4 Å². The summed E-state index contributed by atoms with van der Waals surface area (Å²) in [6.45, 7) is 6.27. The number of aryl methyl sites for hydroxylation is 2. The van der Waals surface area contributed by atoms with E-state index in [4.69, 9.17) is 4.74 Å². The number of carbonyl (C=O) groups is 2. The van der Waals surface area contributed by atoms with E-state index in [9.17, 15) is 9.59 Å². The first-order valence-electron chi connectivity index (χ1n) is 10.7. The molecule has 1 aromatic rings. The van der Waals surface area contributed by atoms with Crippen molar-refractivity contribution in [2.24, 2.45) is 11.8 Å². The molecule has 0 spiro atoms. The van der Waals surface area contributed by atoms with Crippen molar-refractivity contribution < 1.29 is 14.3 Å². The van der Waals surface area contributed by atoms with E-state index in [0.717, 1.165) is 56.6 Å². The molecule has 5 rings (SSSR count). The molecular formula is C22H31N3O3. The van der Waals surface area contributed by atoms with Crippen molar-refractivity contribution in [3.8, 4) is 5.75 Å². The molecule has 6 heteroatoms. The Bertz CT molecular complexity index is 747. The molecule has 1 saturated carbocycles. The largest absolute Gasteiger partial charge is 0.482 e. The van der Waals surface area contributed by atoms with E-state index in [1.165, 1.54) is 6.42 Å². The van der Waals surface area contributed by atoms with Crippen LogP contribution >= 0.6 is 0 Å². The minimum absolute atomic E-state index is 0.0234. The normalized spacial score (nSPS) is 24.6. The molecule has 3 aliphatic heterocycles. The van der Waals surface area contributed by atoms with Gasteiger partial charge < -0.3 is 14.5 Å². The molecule has 28 heavy (non-hydrogen) atoms. The SMILES string of the molecule is CCc1nc(C)ccc1OCC(=O)N1C[C@H]2CC[C@@H]1CN(C(=O)C1CCC1)C2. The standard InChI is InChI=1S/C22H31N3O3/c1-3-19-20(10-7-15(2)23-19)28-14-21(26)25-12-16-8-9-18(25)13-24(11-16)22(27)17-5-4-6-17/h7,10,16-18H,3-6,8-9,11-14H2,1-2H3/t16-,18+/m0/s1. The third-order valence-corrected chi connectivity index (χ3v) is 6.56. The lowest BCUT2D eigenvalue weighted by atomic mass is 9.84. The number of pyridine rings is 1. The molecule has 6 nitrogen and oxygen atoms in total. The Morgan fingerprint density at radius 1 is 1.14 bits per heavy atom. The van der Waals surface area contributed by atoms with Crippen LogP contribution in [0.15, 0.2) is 12.1 Å². The Labute approximate surface area is 167 Å². The lowest BCUT2D eigenvalue weighted by Crippen LogP contribution is -2.49. The van der Waals surface area contributed by atoms with Gasteiger partial charge >= 0.3 is 0 Å². The van der Waals surface area contributed by atoms with Crippen LogP contribution < -0.4 is 4.74 Å². The summed E-state index contributed by atoms with van der Waals surface area (Å²) < 4.78 is 5.85. The van der Waals surface area contributed by atoms with Crippen molar-refractivity contribution in [1.29, 1.82) is 0 Å². The van der Waals surface area contributed by atoms with Crippen molar-refractivity contribution in [3.63, 3.8) is 0 Å². The van der Waals surface area contributed by atoms with Gasteiger partial charge in [0.25, 0.3) is 5.91 Å². The smallest absolute Gasteiger partial charge is 0.260 e. The minimum atomic E-state index is 0.0234. The van der Waals surface area contributed by atoms with Crippen LogP contribution in [-0.2, 0) is 16.0 Å². The van der Waals surface area contributed by atoms with Crippen molar-refractivity contribution in [1.82, 2.24) is 14.8 Å². The Kier molecular flexibility index (Phi) is 5.56. The fraction of sp³-hybridized carbons (Fsp3) is 0.682. The molecule has 1 aliphatic carbocycles. The summed E-state index contributed by atoms with van der Waals surface area (Å²) in [6.07, 6.45) is 6.10. The van der Waals surface area contributed by atoms with Gasteiger partial charge in [-0.1, -0.05) is 13.3 Å². The van der Waals surface area contributed by atoms with Gasteiger partial charge in [-0.3, -0.25) is 14.6 Å². The van der Waals surface area contributed by atoms with Gasteiger partial charge in [0.05, 0.1) is 5.69 Å². The molecule has 2 bridgehead atoms. The van der Waals surface area contributed by atoms with Crippen LogP contribution in [0, 0.1) is 18.8 Å². The van der Waals surface area contributed by atoms with Gasteiger partial charge in [0.1, 0.15) is 5.75 Å². The molecule has 3 saturated heterocycles. The van der Waals surface area contributed by atoms with E-state index >= 15 is 0 Å². The number of aromatic nitrogens is 1. The predicted molar refractivity (Wildman–Crippen MR) is 106 cm³/mol. The van der Waals surface area contributed by atoms with Gasteiger partial charge in [0.2, 0.25) is 5.91 Å². The maximum atomic E-state index is 12.9. The molecule has 152 valence electrons. The highest BCUT2D eigenvalue weighted by atomic mass is 16.5. The van der Waals surface area contributed by atoms with Crippen molar-refractivity contribution in [2.75, 3.05) is 26.2 Å². The Balaban J connectivity index is 1.39. The first kappa shape index (κ1) is 19.2. The van der Waals surface area contributed by atoms with Crippen LogP contribution in [0.3, 0.4) is 0 Å². The highest BCUT2D eigenvalue weighted by molar-refractivity contribution is 5.81. The number of piperidine rings is 1. The number of amides is 2. The maximum Gasteiger partial charge on any atom is 0.260 e. The second kappa shape index (κ2) is 8.10. The van der Waals surface area contributed by atoms with Crippen molar-refractivity contribution >= 4 is 11.8 Å². The summed E-state index contributed by atoms with van der Waals surface area (Å²) in [7, 11) is 0. The van der Waals surface area contributed by atoms with Crippen molar-refractivity contribution in [3.05, 3.63) is 23.5 Å². The number of hydrogen-bond acceptors (Lipinski definition) is 4. The number of hydrogen-bond donors (Lipinski definition) is 0. The highest BCUT2D eigenvalue weighted by Gasteiger charge is 2.40. The molecular weight excluding hydrogens is 354 g/mol. The van der Waals surface area contributed by atoms with Crippen LogP contribution in [0.2, 0.25) is 0 Å². The minimum Gasteiger partial charge on any atom is -0.482 e. The zero-order valence-corrected chi connectivity index (χ0v) is 17.0. The van der Waals surface area contributed by atoms with Crippen LogP contribution in [0.4, 0.5) is 0 Å². The van der Waals surface area contributed by atoms with E-state index in [1.54, 1.807) is 0 Å². The Hall–Kier alpha value is -2.11. The molecule has 4 heterocycles. The number of nitrogens with zero attached hydrogens (tertiary/aromatic N) is 3. The molecule has 1 aromatic heterocycles. The fourth-order valence-electron chi connectivity index (χ4n) is 4.69. The van der Waals surface area contributed by atoms with Gasteiger partial charge in [-0.25, -0.2) is 0 Å². The molecule has 0 N–H and O–H groups in total. The third kappa shape index (κ3) is 3.87. The topological polar surface area (TPSA) is 62.7 Å². The molecule has 0 aromatic carbocycles. The molecule has 0 unspecified atom stereocenters. The lowest BCUT2D eigenvalue weighted by molar-refractivity contribution is -0.140. The van der Waals surface area contributed by atoms with E-state index in [1.807, 2.05) is 35.8 Å². The van der Waals surface area contributed by atoms with E-state index < -0.39 is 0 Å². The molecule has 0 radical (unpaired) electrons. The molecule has 2 amide bonds. The number of fused-ring (bicyclic) bond motifs is 4.